The molecule has 1 saturated carbocycles. The normalized spacial score (nSPS) is 13.8. The number of methoxy groups -OCH3 is 2. The second-order valence-electron chi connectivity index (χ2n) is 8.24. The summed E-state index contributed by atoms with van der Waals surface area (Å²) in [5, 5.41) is 17.1. The number of pyridine rings is 1. The number of nitrogens with one attached hydrogen (secondary N) is 1. The Morgan fingerprint density at radius 3 is 2.53 bits per heavy atom. The first kappa shape index (κ1) is 21.5. The van der Waals surface area contributed by atoms with Crippen LogP contribution in [-0.4, -0.2) is 34.7 Å². The van der Waals surface area contributed by atoms with E-state index >= 15 is 0 Å². The van der Waals surface area contributed by atoms with E-state index in [1.54, 1.807) is 23.8 Å². The fourth-order valence-electron chi connectivity index (χ4n) is 4.09. The number of benzene rings is 2. The maximum atomic E-state index is 13.2. The lowest BCUT2D eigenvalue weighted by atomic mass is 10.1. The summed E-state index contributed by atoms with van der Waals surface area (Å²) < 4.78 is 12.6. The van der Waals surface area contributed by atoms with Gasteiger partial charge in [-0.25, -0.2) is 9.50 Å². The highest BCUT2D eigenvalue weighted by Gasteiger charge is 2.54. The number of carbonyl (C=O) groups is 1. The molecule has 1 N–H and O–H groups in total. The molecule has 0 aliphatic heterocycles. The number of nitrogens with zero attached hydrogens (tertiary/aromatic N) is 4. The van der Waals surface area contributed by atoms with E-state index in [2.05, 4.69) is 11.4 Å². The fourth-order valence-corrected chi connectivity index (χ4v) is 4.09. The predicted octanol–water partition coefficient (Wildman–Crippen LogP) is 3.63. The predicted molar refractivity (Wildman–Crippen MR) is 125 cm³/mol. The zero-order chi connectivity index (χ0) is 23.7. The average Bonchev–Trinajstić information content (AvgIpc) is 3.58. The quantitative estimate of drug-likeness (QED) is 0.459. The summed E-state index contributed by atoms with van der Waals surface area (Å²) in [6.45, 7) is 0.453. The van der Waals surface area contributed by atoms with Crippen LogP contribution in [0.15, 0.2) is 60.7 Å². The molecule has 170 valence electrons. The third-order valence-electron chi connectivity index (χ3n) is 6.19. The standard InChI is InChI=1S/C26H23N5O3/c1-33-21-11-10-20(18-8-9-19(15-27)22(14-18)34-2)31-23(21)29-24(30-31)26(12-13-26)25(32)28-16-17-6-4-3-5-7-17/h3-11,14H,12-13,16H2,1-2H3,(H,28,32). The Balaban J connectivity index is 1.53. The fraction of sp³-hybridized carbons (Fsp3) is 0.231. The van der Waals surface area contributed by atoms with Crippen LogP contribution < -0.4 is 14.8 Å². The molecule has 2 aromatic heterocycles. The van der Waals surface area contributed by atoms with E-state index in [-0.39, 0.29) is 5.91 Å². The lowest BCUT2D eigenvalue weighted by molar-refractivity contribution is -0.123. The van der Waals surface area contributed by atoms with Gasteiger partial charge in [0.2, 0.25) is 5.91 Å². The molecule has 5 rings (SSSR count). The van der Waals surface area contributed by atoms with Gasteiger partial charge in [-0.15, -0.1) is 5.10 Å². The minimum Gasteiger partial charge on any atom is -0.495 e. The first-order chi connectivity index (χ1) is 16.6. The molecule has 1 fully saturated rings. The van der Waals surface area contributed by atoms with Crippen molar-refractivity contribution in [2.75, 3.05) is 14.2 Å². The van der Waals surface area contributed by atoms with Crippen LogP contribution in [0.5, 0.6) is 11.5 Å². The highest BCUT2D eigenvalue weighted by Crippen LogP contribution is 2.47. The van der Waals surface area contributed by atoms with Gasteiger partial charge in [0.05, 0.1) is 25.5 Å². The van der Waals surface area contributed by atoms with E-state index in [9.17, 15) is 10.1 Å². The second-order valence-corrected chi connectivity index (χ2v) is 8.24. The van der Waals surface area contributed by atoms with Crippen LogP contribution >= 0.6 is 0 Å². The Morgan fingerprint density at radius 1 is 1.09 bits per heavy atom. The molecule has 2 aromatic carbocycles. The average molecular weight is 454 g/mol. The second kappa shape index (κ2) is 8.52. The molecule has 1 aliphatic rings. The Hall–Kier alpha value is -4.38. The molecule has 4 aromatic rings. The zero-order valence-corrected chi connectivity index (χ0v) is 18.9. The van der Waals surface area contributed by atoms with Crippen LogP contribution in [0, 0.1) is 11.3 Å². The number of carbonyl (C=O) groups excluding carboxylic acids is 1. The molecule has 0 radical (unpaired) electrons. The monoisotopic (exact) mass is 453 g/mol. The molecular formula is C26H23N5O3. The van der Waals surface area contributed by atoms with E-state index < -0.39 is 5.41 Å². The number of amides is 1. The Morgan fingerprint density at radius 2 is 1.85 bits per heavy atom. The largest absolute Gasteiger partial charge is 0.495 e. The zero-order valence-electron chi connectivity index (χ0n) is 18.9. The smallest absolute Gasteiger partial charge is 0.234 e. The number of hydrogen-bond donors (Lipinski definition) is 1. The maximum absolute atomic E-state index is 13.2. The molecule has 0 unspecified atom stereocenters. The molecule has 0 saturated heterocycles. The van der Waals surface area contributed by atoms with Crippen molar-refractivity contribution in [2.24, 2.45) is 0 Å². The number of aromatic nitrogens is 3. The van der Waals surface area contributed by atoms with E-state index in [0.717, 1.165) is 16.8 Å². The van der Waals surface area contributed by atoms with Gasteiger partial charge >= 0.3 is 0 Å². The van der Waals surface area contributed by atoms with Crippen molar-refractivity contribution >= 4 is 11.6 Å². The molecule has 0 atom stereocenters. The van der Waals surface area contributed by atoms with Crippen molar-refractivity contribution in [3.05, 3.63) is 77.6 Å². The van der Waals surface area contributed by atoms with E-state index in [1.807, 2.05) is 48.5 Å². The Labute approximate surface area is 196 Å². The number of fused-ring (bicyclic) bond motifs is 1. The number of nitriles is 1. The van der Waals surface area contributed by atoms with Gasteiger partial charge in [-0.2, -0.15) is 5.26 Å². The molecule has 0 spiro atoms. The van der Waals surface area contributed by atoms with Gasteiger partial charge in [0.25, 0.3) is 0 Å². The number of ether oxygens (including phenoxy) is 2. The van der Waals surface area contributed by atoms with Crippen molar-refractivity contribution < 1.29 is 14.3 Å². The first-order valence-electron chi connectivity index (χ1n) is 10.9. The summed E-state index contributed by atoms with van der Waals surface area (Å²) in [6, 6.07) is 21.0. The van der Waals surface area contributed by atoms with Crippen LogP contribution in [0.4, 0.5) is 0 Å². The molecule has 34 heavy (non-hydrogen) atoms. The summed E-state index contributed by atoms with van der Waals surface area (Å²) in [7, 11) is 3.11. The van der Waals surface area contributed by atoms with Crippen LogP contribution in [0.2, 0.25) is 0 Å². The lowest BCUT2D eigenvalue weighted by Gasteiger charge is -2.12. The van der Waals surface area contributed by atoms with Crippen molar-refractivity contribution in [3.63, 3.8) is 0 Å². The van der Waals surface area contributed by atoms with E-state index in [1.165, 1.54) is 7.11 Å². The topological polar surface area (TPSA) is 102 Å². The minimum atomic E-state index is -0.745. The maximum Gasteiger partial charge on any atom is 0.234 e. The van der Waals surface area contributed by atoms with Gasteiger partial charge in [-0.3, -0.25) is 4.79 Å². The van der Waals surface area contributed by atoms with Gasteiger partial charge in [0.15, 0.2) is 17.2 Å². The van der Waals surface area contributed by atoms with Gasteiger partial charge in [0.1, 0.15) is 17.2 Å². The van der Waals surface area contributed by atoms with Crippen molar-refractivity contribution in [1.29, 1.82) is 5.26 Å². The summed E-state index contributed by atoms with van der Waals surface area (Å²) in [5.41, 5.74) is 2.82. The third kappa shape index (κ3) is 3.61. The Bertz CT molecular complexity index is 1420. The van der Waals surface area contributed by atoms with Gasteiger partial charge < -0.3 is 14.8 Å². The van der Waals surface area contributed by atoms with Crippen LogP contribution in [0.1, 0.15) is 29.8 Å². The summed E-state index contributed by atoms with van der Waals surface area (Å²) in [4.78, 5) is 17.9. The molecule has 1 amide bonds. The van der Waals surface area contributed by atoms with E-state index in [4.69, 9.17) is 19.6 Å². The summed E-state index contributed by atoms with van der Waals surface area (Å²) in [6.07, 6.45) is 1.37. The number of hydrogen-bond acceptors (Lipinski definition) is 6. The van der Waals surface area contributed by atoms with E-state index in [0.29, 0.717) is 47.9 Å². The highest BCUT2D eigenvalue weighted by atomic mass is 16.5. The minimum absolute atomic E-state index is 0.0761. The molecular weight excluding hydrogens is 430 g/mol. The van der Waals surface area contributed by atoms with Crippen LogP contribution in [-0.2, 0) is 16.8 Å². The van der Waals surface area contributed by atoms with Crippen molar-refractivity contribution in [1.82, 2.24) is 19.9 Å². The van der Waals surface area contributed by atoms with Gasteiger partial charge in [0, 0.05) is 12.1 Å². The van der Waals surface area contributed by atoms with Crippen molar-refractivity contribution in [2.45, 2.75) is 24.8 Å². The molecule has 2 heterocycles. The van der Waals surface area contributed by atoms with Crippen LogP contribution in [0.25, 0.3) is 16.9 Å². The van der Waals surface area contributed by atoms with Gasteiger partial charge in [-0.05, 0) is 42.7 Å². The first-order valence-corrected chi connectivity index (χ1v) is 10.9. The van der Waals surface area contributed by atoms with Crippen LogP contribution in [0.3, 0.4) is 0 Å². The highest BCUT2D eigenvalue weighted by molar-refractivity contribution is 5.90. The van der Waals surface area contributed by atoms with Crippen molar-refractivity contribution in [3.8, 4) is 28.8 Å². The summed E-state index contributed by atoms with van der Waals surface area (Å²) >= 11 is 0. The molecule has 8 nitrogen and oxygen atoms in total. The lowest BCUT2D eigenvalue weighted by Crippen LogP contribution is -2.35. The third-order valence-corrected chi connectivity index (χ3v) is 6.19. The number of rotatable bonds is 7. The molecule has 1 aliphatic carbocycles. The Kier molecular flexibility index (Phi) is 5.38. The molecule has 8 heteroatoms. The molecule has 0 bridgehead atoms. The van der Waals surface area contributed by atoms with Gasteiger partial charge in [-0.1, -0.05) is 36.4 Å². The summed E-state index contributed by atoms with van der Waals surface area (Å²) in [5.74, 6) is 1.43. The SMILES string of the molecule is COc1cc(-c2ccc(OC)c3nc(C4(C(=O)NCc5ccccc5)CC4)nn23)ccc1C#N.